The summed E-state index contributed by atoms with van der Waals surface area (Å²) in [4.78, 5) is 38.1. The van der Waals surface area contributed by atoms with E-state index in [1.807, 2.05) is 24.3 Å². The minimum Gasteiger partial charge on any atom is -0.496 e. The molecule has 0 saturated carbocycles. The lowest BCUT2D eigenvalue weighted by molar-refractivity contribution is -0.124. The van der Waals surface area contributed by atoms with Crippen LogP contribution in [0, 0.1) is 5.82 Å². The molecule has 3 amide bonds. The molecular formula is C22H21FN2O4S. The number of ether oxygens (including phenoxy) is 1. The van der Waals surface area contributed by atoms with Crippen LogP contribution in [0.2, 0.25) is 0 Å². The average Bonchev–Trinajstić information content (AvgIpc) is 3.01. The molecule has 0 aromatic heterocycles. The van der Waals surface area contributed by atoms with E-state index in [4.69, 9.17) is 4.74 Å². The van der Waals surface area contributed by atoms with Crippen molar-refractivity contribution in [1.82, 2.24) is 10.2 Å². The topological polar surface area (TPSA) is 75.7 Å². The highest BCUT2D eigenvalue weighted by atomic mass is 32.2. The maximum absolute atomic E-state index is 13.0. The van der Waals surface area contributed by atoms with E-state index in [9.17, 15) is 18.8 Å². The number of hydrogen-bond donors (Lipinski definition) is 1. The SMILES string of the molecule is COc1ccccc1CCC(=O)NCCN1C(=O)SC(=Cc2ccc(F)cc2)C1=O. The first-order chi connectivity index (χ1) is 14.5. The van der Waals surface area contributed by atoms with Gasteiger partial charge >= 0.3 is 0 Å². The molecule has 6 nitrogen and oxygen atoms in total. The Morgan fingerprint density at radius 1 is 1.17 bits per heavy atom. The fourth-order valence-corrected chi connectivity index (χ4v) is 3.82. The number of benzene rings is 2. The van der Waals surface area contributed by atoms with Crippen LogP contribution in [0.4, 0.5) is 9.18 Å². The summed E-state index contributed by atoms with van der Waals surface area (Å²) in [6, 6.07) is 13.1. The van der Waals surface area contributed by atoms with E-state index >= 15 is 0 Å². The molecule has 0 atom stereocenters. The minimum atomic E-state index is -0.419. The second-order valence-corrected chi connectivity index (χ2v) is 7.54. The number of carbonyl (C=O) groups excluding carboxylic acids is 3. The molecule has 1 fully saturated rings. The molecule has 3 rings (SSSR count). The number of carbonyl (C=O) groups is 3. The second kappa shape index (κ2) is 10.1. The number of rotatable bonds is 8. The van der Waals surface area contributed by atoms with E-state index in [0.29, 0.717) is 12.0 Å². The van der Waals surface area contributed by atoms with E-state index in [1.54, 1.807) is 13.2 Å². The zero-order valence-corrected chi connectivity index (χ0v) is 17.2. The highest BCUT2D eigenvalue weighted by Gasteiger charge is 2.34. The minimum absolute atomic E-state index is 0.0891. The Morgan fingerprint density at radius 3 is 2.63 bits per heavy atom. The largest absolute Gasteiger partial charge is 0.496 e. The third-order valence-corrected chi connectivity index (χ3v) is 5.42. The van der Waals surface area contributed by atoms with Gasteiger partial charge in [-0.2, -0.15) is 0 Å². The van der Waals surface area contributed by atoms with Crippen molar-refractivity contribution in [2.45, 2.75) is 12.8 Å². The van der Waals surface area contributed by atoms with Crippen molar-refractivity contribution in [3.05, 3.63) is 70.4 Å². The first-order valence-corrected chi connectivity index (χ1v) is 10.2. The molecule has 30 heavy (non-hydrogen) atoms. The van der Waals surface area contributed by atoms with Crippen LogP contribution in [0.25, 0.3) is 6.08 Å². The Labute approximate surface area is 178 Å². The normalized spacial score (nSPS) is 15.0. The van der Waals surface area contributed by atoms with Crippen molar-refractivity contribution in [2.75, 3.05) is 20.2 Å². The van der Waals surface area contributed by atoms with Crippen molar-refractivity contribution in [1.29, 1.82) is 0 Å². The molecule has 1 aliphatic rings. The zero-order valence-electron chi connectivity index (χ0n) is 16.4. The smallest absolute Gasteiger partial charge is 0.293 e. The maximum Gasteiger partial charge on any atom is 0.293 e. The van der Waals surface area contributed by atoms with Crippen molar-refractivity contribution >= 4 is 34.9 Å². The molecule has 2 aromatic carbocycles. The summed E-state index contributed by atoms with van der Waals surface area (Å²) in [5.41, 5.74) is 1.57. The summed E-state index contributed by atoms with van der Waals surface area (Å²) in [5, 5.41) is 2.34. The third kappa shape index (κ3) is 5.48. The Bertz CT molecular complexity index is 975. The number of para-hydroxylation sites is 1. The third-order valence-electron chi connectivity index (χ3n) is 4.51. The highest BCUT2D eigenvalue weighted by Crippen LogP contribution is 2.31. The lowest BCUT2D eigenvalue weighted by Crippen LogP contribution is -2.37. The highest BCUT2D eigenvalue weighted by molar-refractivity contribution is 8.18. The van der Waals surface area contributed by atoms with Crippen LogP contribution in [0.5, 0.6) is 5.75 Å². The van der Waals surface area contributed by atoms with Gasteiger partial charge in [-0.05, 0) is 53.6 Å². The number of imide groups is 1. The number of hydrogen-bond acceptors (Lipinski definition) is 5. The summed E-state index contributed by atoms with van der Waals surface area (Å²) in [5.74, 6) is -0.231. The number of amides is 3. The van der Waals surface area contributed by atoms with E-state index < -0.39 is 11.1 Å². The quantitative estimate of drug-likeness (QED) is 0.650. The summed E-state index contributed by atoms with van der Waals surface area (Å²) < 4.78 is 18.3. The summed E-state index contributed by atoms with van der Waals surface area (Å²) >= 11 is 0.829. The molecule has 8 heteroatoms. The Balaban J connectivity index is 1.48. The van der Waals surface area contributed by atoms with Gasteiger partial charge in [0.05, 0.1) is 12.0 Å². The van der Waals surface area contributed by atoms with Gasteiger partial charge < -0.3 is 10.1 Å². The van der Waals surface area contributed by atoms with Crippen molar-refractivity contribution in [3.63, 3.8) is 0 Å². The molecule has 0 spiro atoms. The van der Waals surface area contributed by atoms with Crippen LogP contribution in [-0.2, 0) is 16.0 Å². The number of nitrogens with zero attached hydrogens (tertiary/aromatic N) is 1. The van der Waals surface area contributed by atoms with E-state index in [2.05, 4.69) is 5.32 Å². The lowest BCUT2D eigenvalue weighted by Gasteiger charge is -2.13. The standard InChI is InChI=1S/C22H21FN2O4S/c1-29-18-5-3-2-4-16(18)8-11-20(26)24-12-13-25-21(27)19(30-22(25)28)14-15-6-9-17(23)10-7-15/h2-7,9-10,14H,8,11-13H2,1H3,(H,24,26). The van der Waals surface area contributed by atoms with Crippen molar-refractivity contribution in [2.24, 2.45) is 0 Å². The Morgan fingerprint density at radius 2 is 1.90 bits per heavy atom. The Kier molecular flexibility index (Phi) is 7.24. The summed E-state index contributed by atoms with van der Waals surface area (Å²) in [6.45, 7) is 0.262. The zero-order chi connectivity index (χ0) is 21.5. The van der Waals surface area contributed by atoms with Gasteiger partial charge in [0.2, 0.25) is 5.91 Å². The molecule has 1 aliphatic heterocycles. The van der Waals surface area contributed by atoms with Gasteiger partial charge in [-0.25, -0.2) is 4.39 Å². The lowest BCUT2D eigenvalue weighted by atomic mass is 10.1. The van der Waals surface area contributed by atoms with Crippen LogP contribution in [0.1, 0.15) is 17.5 Å². The molecule has 1 N–H and O–H groups in total. The van der Waals surface area contributed by atoms with Crippen LogP contribution in [0.3, 0.4) is 0 Å². The van der Waals surface area contributed by atoms with Gasteiger partial charge in [0.1, 0.15) is 11.6 Å². The van der Waals surface area contributed by atoms with Gasteiger partial charge in [-0.1, -0.05) is 30.3 Å². The van der Waals surface area contributed by atoms with Crippen LogP contribution >= 0.6 is 11.8 Å². The van der Waals surface area contributed by atoms with Crippen molar-refractivity contribution in [3.8, 4) is 5.75 Å². The maximum atomic E-state index is 13.0. The van der Waals surface area contributed by atoms with Gasteiger partial charge in [0, 0.05) is 19.5 Å². The monoisotopic (exact) mass is 428 g/mol. The summed E-state index contributed by atoms with van der Waals surface area (Å²) in [7, 11) is 1.58. The molecule has 0 radical (unpaired) electrons. The molecule has 1 heterocycles. The number of thioether (sulfide) groups is 1. The molecule has 0 bridgehead atoms. The molecule has 0 unspecified atom stereocenters. The number of nitrogens with one attached hydrogen (secondary N) is 1. The van der Waals surface area contributed by atoms with E-state index in [1.165, 1.54) is 24.3 Å². The van der Waals surface area contributed by atoms with Crippen LogP contribution < -0.4 is 10.1 Å². The van der Waals surface area contributed by atoms with Crippen LogP contribution in [0.15, 0.2) is 53.4 Å². The van der Waals surface area contributed by atoms with E-state index in [0.717, 1.165) is 28.0 Å². The van der Waals surface area contributed by atoms with Gasteiger partial charge in [0.15, 0.2) is 0 Å². The fourth-order valence-electron chi connectivity index (χ4n) is 2.96. The number of aryl methyl sites for hydroxylation is 1. The molecule has 0 aliphatic carbocycles. The number of halogens is 1. The van der Waals surface area contributed by atoms with Crippen LogP contribution in [-0.4, -0.2) is 42.2 Å². The fraction of sp³-hybridized carbons (Fsp3) is 0.227. The Hall–Kier alpha value is -3.13. The number of methoxy groups -OCH3 is 1. The predicted molar refractivity (Wildman–Crippen MR) is 113 cm³/mol. The molecular weight excluding hydrogens is 407 g/mol. The summed E-state index contributed by atoms with van der Waals surface area (Å²) in [6.07, 6.45) is 2.35. The van der Waals surface area contributed by atoms with Gasteiger partial charge in [-0.3, -0.25) is 19.3 Å². The molecule has 2 aromatic rings. The van der Waals surface area contributed by atoms with Crippen molar-refractivity contribution < 1.29 is 23.5 Å². The average molecular weight is 428 g/mol. The predicted octanol–water partition coefficient (Wildman–Crippen LogP) is 3.62. The van der Waals surface area contributed by atoms with E-state index in [-0.39, 0.29) is 36.1 Å². The first-order valence-electron chi connectivity index (χ1n) is 9.37. The van der Waals surface area contributed by atoms with Gasteiger partial charge in [-0.15, -0.1) is 0 Å². The molecule has 1 saturated heterocycles. The first kappa shape index (κ1) is 21.6. The second-order valence-electron chi connectivity index (χ2n) is 6.55. The molecule has 156 valence electrons. The van der Waals surface area contributed by atoms with Gasteiger partial charge in [0.25, 0.3) is 11.1 Å².